The second kappa shape index (κ2) is 5.33. The largest absolute Gasteiger partial charge is 0.388 e. The van der Waals surface area contributed by atoms with Crippen LogP contribution >= 0.6 is 0 Å². The van der Waals surface area contributed by atoms with Crippen molar-refractivity contribution in [3.63, 3.8) is 0 Å². The predicted molar refractivity (Wildman–Crippen MR) is 76.8 cm³/mol. The van der Waals surface area contributed by atoms with Gasteiger partial charge in [-0.05, 0) is 17.0 Å². The number of carbonyl (C=O) groups is 1. The SMILES string of the molecule is CC(C)c1nocc1C(=O)NC1CC(O)c2ccccc21. The van der Waals surface area contributed by atoms with Gasteiger partial charge in [-0.2, -0.15) is 0 Å². The lowest BCUT2D eigenvalue weighted by Crippen LogP contribution is -2.27. The van der Waals surface area contributed by atoms with E-state index in [1.165, 1.54) is 6.26 Å². The molecule has 1 aromatic heterocycles. The van der Waals surface area contributed by atoms with Crippen molar-refractivity contribution in [2.24, 2.45) is 0 Å². The van der Waals surface area contributed by atoms with Gasteiger partial charge in [0, 0.05) is 6.42 Å². The van der Waals surface area contributed by atoms with Gasteiger partial charge < -0.3 is 14.9 Å². The van der Waals surface area contributed by atoms with Gasteiger partial charge in [-0.25, -0.2) is 0 Å². The van der Waals surface area contributed by atoms with E-state index in [9.17, 15) is 9.90 Å². The van der Waals surface area contributed by atoms with Gasteiger partial charge in [0.2, 0.25) is 0 Å². The summed E-state index contributed by atoms with van der Waals surface area (Å²) in [6.07, 6.45) is 1.34. The van der Waals surface area contributed by atoms with Gasteiger partial charge in [-0.15, -0.1) is 0 Å². The Hall–Kier alpha value is -2.14. The van der Waals surface area contributed by atoms with Crippen LogP contribution in [0.15, 0.2) is 35.1 Å². The van der Waals surface area contributed by atoms with E-state index >= 15 is 0 Å². The minimum absolute atomic E-state index is 0.117. The Morgan fingerprint density at radius 2 is 2.10 bits per heavy atom. The van der Waals surface area contributed by atoms with E-state index in [0.29, 0.717) is 17.7 Å². The lowest BCUT2D eigenvalue weighted by Gasteiger charge is -2.14. The highest BCUT2D eigenvalue weighted by Crippen LogP contribution is 2.38. The van der Waals surface area contributed by atoms with Crippen molar-refractivity contribution in [1.29, 1.82) is 0 Å². The molecule has 5 heteroatoms. The Labute approximate surface area is 123 Å². The lowest BCUT2D eigenvalue weighted by atomic mass is 10.0. The van der Waals surface area contributed by atoms with Crippen molar-refractivity contribution in [2.75, 3.05) is 0 Å². The molecule has 3 rings (SSSR count). The maximum absolute atomic E-state index is 12.4. The van der Waals surface area contributed by atoms with Crippen molar-refractivity contribution < 1.29 is 14.4 Å². The van der Waals surface area contributed by atoms with E-state index < -0.39 is 6.10 Å². The number of carbonyl (C=O) groups excluding carboxylic acids is 1. The highest BCUT2D eigenvalue weighted by atomic mass is 16.5. The molecule has 5 nitrogen and oxygen atoms in total. The number of benzene rings is 1. The van der Waals surface area contributed by atoms with E-state index in [0.717, 1.165) is 11.1 Å². The first-order chi connectivity index (χ1) is 10.1. The summed E-state index contributed by atoms with van der Waals surface area (Å²) >= 11 is 0. The van der Waals surface area contributed by atoms with Crippen molar-refractivity contribution in [3.8, 4) is 0 Å². The molecule has 2 unspecified atom stereocenters. The standard InChI is InChI=1S/C16H18N2O3/c1-9(2)15-12(8-21-18-15)16(20)17-13-7-14(19)11-6-4-3-5-10(11)13/h3-6,8-9,13-14,19H,7H2,1-2H3,(H,17,20). The average Bonchev–Trinajstić information content (AvgIpc) is 3.06. The molecule has 1 aliphatic carbocycles. The zero-order valence-corrected chi connectivity index (χ0v) is 12.0. The summed E-state index contributed by atoms with van der Waals surface area (Å²) in [4.78, 5) is 12.4. The number of nitrogens with zero attached hydrogens (tertiary/aromatic N) is 1. The normalized spacial score (nSPS) is 20.6. The minimum Gasteiger partial charge on any atom is -0.388 e. The molecular formula is C16H18N2O3. The first-order valence-electron chi connectivity index (χ1n) is 7.10. The molecule has 2 aromatic rings. The maximum atomic E-state index is 12.4. The third-order valence-electron chi connectivity index (χ3n) is 3.88. The third-order valence-corrected chi connectivity index (χ3v) is 3.88. The predicted octanol–water partition coefficient (Wildman–Crippen LogP) is 2.71. The van der Waals surface area contributed by atoms with Crippen LogP contribution in [0, 0.1) is 0 Å². The summed E-state index contributed by atoms with van der Waals surface area (Å²) < 4.78 is 4.92. The zero-order valence-electron chi connectivity index (χ0n) is 12.0. The van der Waals surface area contributed by atoms with Gasteiger partial charge in [-0.3, -0.25) is 4.79 Å². The van der Waals surface area contributed by atoms with Crippen LogP contribution in [-0.4, -0.2) is 16.2 Å². The number of aliphatic hydroxyl groups is 1. The number of hydrogen-bond acceptors (Lipinski definition) is 4. The van der Waals surface area contributed by atoms with Crippen molar-refractivity contribution in [1.82, 2.24) is 10.5 Å². The molecule has 0 aliphatic heterocycles. The molecule has 1 amide bonds. The van der Waals surface area contributed by atoms with Gasteiger partial charge in [-0.1, -0.05) is 43.3 Å². The average molecular weight is 286 g/mol. The molecule has 0 spiro atoms. The van der Waals surface area contributed by atoms with E-state index in [1.54, 1.807) is 0 Å². The molecule has 0 radical (unpaired) electrons. The van der Waals surface area contributed by atoms with Crippen LogP contribution in [-0.2, 0) is 0 Å². The van der Waals surface area contributed by atoms with E-state index in [-0.39, 0.29) is 17.9 Å². The van der Waals surface area contributed by atoms with E-state index in [2.05, 4.69) is 10.5 Å². The number of hydrogen-bond donors (Lipinski definition) is 2. The summed E-state index contributed by atoms with van der Waals surface area (Å²) in [6.45, 7) is 3.92. The first kappa shape index (κ1) is 13.8. The Morgan fingerprint density at radius 3 is 2.81 bits per heavy atom. The number of amides is 1. The van der Waals surface area contributed by atoms with Gasteiger partial charge in [0.1, 0.15) is 11.8 Å². The topological polar surface area (TPSA) is 75.4 Å². The number of nitrogens with one attached hydrogen (secondary N) is 1. The Balaban J connectivity index is 1.82. The molecule has 1 heterocycles. The Morgan fingerprint density at radius 1 is 1.38 bits per heavy atom. The van der Waals surface area contributed by atoms with Crippen LogP contribution in [0.4, 0.5) is 0 Å². The summed E-state index contributed by atoms with van der Waals surface area (Å²) in [5.74, 6) is -0.0974. The number of aliphatic hydroxyl groups excluding tert-OH is 1. The second-order valence-electron chi connectivity index (χ2n) is 5.67. The second-order valence-corrected chi connectivity index (χ2v) is 5.67. The number of aromatic nitrogens is 1. The van der Waals surface area contributed by atoms with Crippen molar-refractivity contribution in [2.45, 2.75) is 38.3 Å². The highest BCUT2D eigenvalue weighted by molar-refractivity contribution is 5.95. The summed E-state index contributed by atoms with van der Waals surface area (Å²) in [7, 11) is 0. The van der Waals surface area contributed by atoms with Gasteiger partial charge in [0.15, 0.2) is 0 Å². The van der Waals surface area contributed by atoms with Gasteiger partial charge in [0.05, 0.1) is 17.8 Å². The number of rotatable bonds is 3. The quantitative estimate of drug-likeness (QED) is 0.909. The van der Waals surface area contributed by atoms with Crippen molar-refractivity contribution in [3.05, 3.63) is 52.9 Å². The van der Waals surface area contributed by atoms with Crippen LogP contribution in [0.25, 0.3) is 0 Å². The molecule has 1 aromatic carbocycles. The van der Waals surface area contributed by atoms with E-state index in [4.69, 9.17) is 4.52 Å². The molecule has 2 N–H and O–H groups in total. The molecule has 21 heavy (non-hydrogen) atoms. The zero-order chi connectivity index (χ0) is 15.0. The van der Waals surface area contributed by atoms with Crippen LogP contribution in [0.5, 0.6) is 0 Å². The van der Waals surface area contributed by atoms with Crippen LogP contribution < -0.4 is 5.32 Å². The number of fused-ring (bicyclic) bond motifs is 1. The van der Waals surface area contributed by atoms with E-state index in [1.807, 2.05) is 38.1 Å². The smallest absolute Gasteiger partial charge is 0.257 e. The molecule has 110 valence electrons. The fourth-order valence-electron chi connectivity index (χ4n) is 2.81. The summed E-state index contributed by atoms with van der Waals surface area (Å²) in [5, 5.41) is 16.9. The molecule has 2 atom stereocenters. The minimum atomic E-state index is -0.529. The summed E-state index contributed by atoms with van der Waals surface area (Å²) in [5.41, 5.74) is 2.97. The van der Waals surface area contributed by atoms with Gasteiger partial charge in [0.25, 0.3) is 5.91 Å². The van der Waals surface area contributed by atoms with Crippen LogP contribution in [0.2, 0.25) is 0 Å². The fraction of sp³-hybridized carbons (Fsp3) is 0.375. The third kappa shape index (κ3) is 2.45. The van der Waals surface area contributed by atoms with Crippen LogP contribution in [0.1, 0.15) is 65.5 Å². The lowest BCUT2D eigenvalue weighted by molar-refractivity contribution is 0.0922. The Kier molecular flexibility index (Phi) is 3.51. The first-order valence-corrected chi connectivity index (χ1v) is 7.10. The van der Waals surface area contributed by atoms with Crippen LogP contribution in [0.3, 0.4) is 0 Å². The molecule has 0 saturated heterocycles. The fourth-order valence-corrected chi connectivity index (χ4v) is 2.81. The molecular weight excluding hydrogens is 268 g/mol. The molecule has 1 aliphatic rings. The highest BCUT2D eigenvalue weighted by Gasteiger charge is 2.31. The van der Waals surface area contributed by atoms with Crippen molar-refractivity contribution >= 4 is 5.91 Å². The van der Waals surface area contributed by atoms with Gasteiger partial charge >= 0.3 is 0 Å². The maximum Gasteiger partial charge on any atom is 0.257 e. The monoisotopic (exact) mass is 286 g/mol. The summed E-state index contributed by atoms with van der Waals surface area (Å²) in [6, 6.07) is 7.45. The molecule has 0 fully saturated rings. The Bertz CT molecular complexity index is 663. The molecule has 0 bridgehead atoms. The molecule has 0 saturated carbocycles.